The highest BCUT2D eigenvalue weighted by Gasteiger charge is 2.34. The smallest absolute Gasteiger partial charge is 0.410 e. The fraction of sp³-hybridized carbons (Fsp3) is 0.933. The summed E-state index contributed by atoms with van der Waals surface area (Å²) >= 11 is 0. The van der Waals surface area contributed by atoms with Crippen LogP contribution < -0.4 is 5.73 Å². The van der Waals surface area contributed by atoms with Gasteiger partial charge in [-0.1, -0.05) is 26.2 Å². The monoisotopic (exact) mass is 286 g/mol. The van der Waals surface area contributed by atoms with Gasteiger partial charge in [-0.3, -0.25) is 4.90 Å². The molecular formula is C15H30N2O3. The lowest BCUT2D eigenvalue weighted by molar-refractivity contribution is -0.0386. The predicted octanol–water partition coefficient (Wildman–Crippen LogP) is 2.53. The zero-order chi connectivity index (χ0) is 15.2. The molecular weight excluding hydrogens is 256 g/mol. The van der Waals surface area contributed by atoms with Crippen molar-refractivity contribution in [2.24, 2.45) is 5.73 Å². The third kappa shape index (κ3) is 5.67. The van der Waals surface area contributed by atoms with E-state index in [0.717, 1.165) is 12.8 Å². The van der Waals surface area contributed by atoms with E-state index in [0.29, 0.717) is 19.8 Å². The van der Waals surface area contributed by atoms with Crippen LogP contribution in [0.15, 0.2) is 0 Å². The van der Waals surface area contributed by atoms with Crippen molar-refractivity contribution in [2.75, 3.05) is 19.8 Å². The van der Waals surface area contributed by atoms with Crippen LogP contribution in [0, 0.1) is 0 Å². The van der Waals surface area contributed by atoms with Crippen molar-refractivity contribution < 1.29 is 14.3 Å². The van der Waals surface area contributed by atoms with Gasteiger partial charge < -0.3 is 15.2 Å². The van der Waals surface area contributed by atoms with Crippen molar-refractivity contribution in [1.29, 1.82) is 0 Å². The molecule has 0 bridgehead atoms. The van der Waals surface area contributed by atoms with Crippen LogP contribution in [0.25, 0.3) is 0 Å². The number of carbonyl (C=O) groups excluding carboxylic acids is 1. The van der Waals surface area contributed by atoms with E-state index in [1.807, 2.05) is 20.8 Å². The van der Waals surface area contributed by atoms with Gasteiger partial charge >= 0.3 is 6.09 Å². The Balaban J connectivity index is 2.59. The number of morpholine rings is 1. The number of nitrogens with two attached hydrogens (primary N) is 1. The lowest BCUT2D eigenvalue weighted by Crippen LogP contribution is -2.57. The van der Waals surface area contributed by atoms with Crippen LogP contribution >= 0.6 is 0 Å². The molecule has 1 fully saturated rings. The molecule has 0 aliphatic carbocycles. The maximum atomic E-state index is 12.3. The molecule has 118 valence electrons. The average Bonchev–Trinajstić information content (AvgIpc) is 2.37. The third-order valence-corrected chi connectivity index (χ3v) is 3.43. The van der Waals surface area contributed by atoms with E-state index in [2.05, 4.69) is 6.92 Å². The number of unbranched alkanes of at least 4 members (excludes halogenated alkanes) is 2. The van der Waals surface area contributed by atoms with Crippen molar-refractivity contribution in [2.45, 2.75) is 71.1 Å². The van der Waals surface area contributed by atoms with E-state index in [9.17, 15) is 4.79 Å². The minimum absolute atomic E-state index is 0.0469. The number of hydrogen-bond donors (Lipinski definition) is 1. The largest absolute Gasteiger partial charge is 0.444 e. The second-order valence-corrected chi connectivity index (χ2v) is 6.48. The van der Waals surface area contributed by atoms with Gasteiger partial charge in [-0.05, 0) is 27.2 Å². The fourth-order valence-corrected chi connectivity index (χ4v) is 2.35. The number of amides is 1. The summed E-state index contributed by atoms with van der Waals surface area (Å²) in [5.74, 6) is 0. The van der Waals surface area contributed by atoms with Crippen molar-refractivity contribution in [3.8, 4) is 0 Å². The first-order chi connectivity index (χ1) is 9.35. The molecule has 0 saturated carbocycles. The highest BCUT2D eigenvalue weighted by molar-refractivity contribution is 5.68. The van der Waals surface area contributed by atoms with Gasteiger partial charge in [0.05, 0.1) is 19.3 Å². The third-order valence-electron chi connectivity index (χ3n) is 3.43. The maximum absolute atomic E-state index is 12.3. The molecule has 20 heavy (non-hydrogen) atoms. The molecule has 0 aromatic carbocycles. The van der Waals surface area contributed by atoms with E-state index in [1.165, 1.54) is 12.8 Å². The zero-order valence-corrected chi connectivity index (χ0v) is 13.4. The van der Waals surface area contributed by atoms with Gasteiger partial charge in [0, 0.05) is 12.6 Å². The molecule has 1 aliphatic rings. The minimum Gasteiger partial charge on any atom is -0.444 e. The number of nitrogens with zero attached hydrogens (tertiary/aromatic N) is 1. The van der Waals surface area contributed by atoms with E-state index < -0.39 is 5.60 Å². The second kappa shape index (κ2) is 7.84. The fourth-order valence-electron chi connectivity index (χ4n) is 2.35. The molecule has 2 atom stereocenters. The number of rotatable bonds is 5. The summed E-state index contributed by atoms with van der Waals surface area (Å²) in [6.07, 6.45) is 4.08. The lowest BCUT2D eigenvalue weighted by Gasteiger charge is -2.39. The Labute approximate surface area is 122 Å². The summed E-state index contributed by atoms with van der Waals surface area (Å²) in [4.78, 5) is 14.0. The number of ether oxygens (including phenoxy) is 2. The van der Waals surface area contributed by atoms with Crippen LogP contribution in [0.5, 0.6) is 0 Å². The molecule has 1 rings (SSSR count). The van der Waals surface area contributed by atoms with Crippen LogP contribution in [-0.4, -0.2) is 48.4 Å². The van der Waals surface area contributed by atoms with Gasteiger partial charge in [0.25, 0.3) is 0 Å². The Hall–Kier alpha value is -0.810. The van der Waals surface area contributed by atoms with E-state index in [1.54, 1.807) is 4.90 Å². The molecule has 5 nitrogen and oxygen atoms in total. The standard InChI is InChI=1S/C15H30N2O3/c1-5-6-7-8-12(16)13-11-19-10-9-17(13)14(18)20-15(2,3)4/h12-13H,5-11,16H2,1-4H3. The Kier molecular flexibility index (Phi) is 6.76. The molecule has 1 saturated heterocycles. The predicted molar refractivity (Wildman–Crippen MR) is 79.7 cm³/mol. The van der Waals surface area contributed by atoms with Gasteiger partial charge in [0.15, 0.2) is 0 Å². The van der Waals surface area contributed by atoms with Gasteiger partial charge in [-0.25, -0.2) is 4.79 Å². The van der Waals surface area contributed by atoms with Gasteiger partial charge in [0.2, 0.25) is 0 Å². The Morgan fingerprint density at radius 1 is 1.45 bits per heavy atom. The highest BCUT2D eigenvalue weighted by Crippen LogP contribution is 2.18. The van der Waals surface area contributed by atoms with Crippen molar-refractivity contribution in [3.63, 3.8) is 0 Å². The molecule has 2 unspecified atom stereocenters. The summed E-state index contributed by atoms with van der Waals surface area (Å²) < 4.78 is 10.9. The first-order valence-corrected chi connectivity index (χ1v) is 7.68. The number of hydrogen-bond acceptors (Lipinski definition) is 4. The van der Waals surface area contributed by atoms with Crippen molar-refractivity contribution >= 4 is 6.09 Å². The highest BCUT2D eigenvalue weighted by atomic mass is 16.6. The van der Waals surface area contributed by atoms with Crippen LogP contribution in [0.4, 0.5) is 4.79 Å². The Bertz CT molecular complexity index is 302. The zero-order valence-electron chi connectivity index (χ0n) is 13.4. The first kappa shape index (κ1) is 17.2. The number of carbonyl (C=O) groups is 1. The van der Waals surface area contributed by atoms with E-state index >= 15 is 0 Å². The quantitative estimate of drug-likeness (QED) is 0.789. The molecule has 0 radical (unpaired) electrons. The molecule has 0 spiro atoms. The Morgan fingerprint density at radius 3 is 2.75 bits per heavy atom. The molecule has 1 aliphatic heterocycles. The Morgan fingerprint density at radius 2 is 2.15 bits per heavy atom. The van der Waals surface area contributed by atoms with Gasteiger partial charge in [-0.2, -0.15) is 0 Å². The summed E-state index contributed by atoms with van der Waals surface area (Å²) in [5.41, 5.74) is 5.77. The van der Waals surface area contributed by atoms with Crippen molar-refractivity contribution in [3.05, 3.63) is 0 Å². The summed E-state index contributed by atoms with van der Waals surface area (Å²) in [7, 11) is 0. The van der Waals surface area contributed by atoms with Crippen LogP contribution in [-0.2, 0) is 9.47 Å². The molecule has 0 aromatic rings. The summed E-state index contributed by atoms with van der Waals surface area (Å²) in [6.45, 7) is 9.41. The van der Waals surface area contributed by atoms with Crippen LogP contribution in [0.1, 0.15) is 53.4 Å². The topological polar surface area (TPSA) is 64.8 Å². The van der Waals surface area contributed by atoms with Gasteiger partial charge in [-0.15, -0.1) is 0 Å². The molecule has 1 heterocycles. The van der Waals surface area contributed by atoms with Crippen LogP contribution in [0.2, 0.25) is 0 Å². The molecule has 0 aromatic heterocycles. The molecule has 5 heteroatoms. The van der Waals surface area contributed by atoms with E-state index in [4.69, 9.17) is 15.2 Å². The second-order valence-electron chi connectivity index (χ2n) is 6.48. The summed E-state index contributed by atoms with van der Waals surface area (Å²) in [5, 5.41) is 0. The maximum Gasteiger partial charge on any atom is 0.410 e. The average molecular weight is 286 g/mol. The van der Waals surface area contributed by atoms with Crippen molar-refractivity contribution in [1.82, 2.24) is 4.90 Å². The van der Waals surface area contributed by atoms with E-state index in [-0.39, 0.29) is 18.2 Å². The molecule has 1 amide bonds. The van der Waals surface area contributed by atoms with Crippen LogP contribution in [0.3, 0.4) is 0 Å². The normalized spacial score (nSPS) is 21.6. The first-order valence-electron chi connectivity index (χ1n) is 7.68. The summed E-state index contributed by atoms with van der Waals surface area (Å²) in [6, 6.07) is -0.121. The molecule has 2 N–H and O–H groups in total. The SMILES string of the molecule is CCCCCC(N)C1COCCN1C(=O)OC(C)(C)C. The lowest BCUT2D eigenvalue weighted by atomic mass is 10.0. The minimum atomic E-state index is -0.480. The van der Waals surface area contributed by atoms with Gasteiger partial charge in [0.1, 0.15) is 5.60 Å².